The molecule has 0 aliphatic rings. The summed E-state index contributed by atoms with van der Waals surface area (Å²) in [6.45, 7) is 2.24. The minimum absolute atomic E-state index is 0.0422. The number of hydrogen-bond donors (Lipinski definition) is 3. The molecule has 0 unspecified atom stereocenters. The van der Waals surface area contributed by atoms with Gasteiger partial charge in [0, 0.05) is 10.9 Å². The molecule has 0 saturated carbocycles. The number of carbonyl (C=O) groups is 1. The summed E-state index contributed by atoms with van der Waals surface area (Å²) in [6, 6.07) is 8.98. The molecule has 26 heavy (non-hydrogen) atoms. The monoisotopic (exact) mass is 374 g/mol. The highest BCUT2D eigenvalue weighted by atomic mass is 32.1. The fraction of sp³-hybridized carbons (Fsp3) is 0.235. The van der Waals surface area contributed by atoms with Crippen LogP contribution in [0, 0.1) is 6.92 Å². The number of anilines is 2. The van der Waals surface area contributed by atoms with Gasteiger partial charge in [0.2, 0.25) is 0 Å². The second-order valence-electron chi connectivity index (χ2n) is 5.34. The third-order valence-corrected chi connectivity index (χ3v) is 4.20. The Hall–Kier alpha value is -2.75. The Balaban J connectivity index is 1.65. The second-order valence-corrected chi connectivity index (χ2v) is 6.20. The minimum atomic E-state index is -0.439. The van der Waals surface area contributed by atoms with Gasteiger partial charge in [-0.3, -0.25) is 5.32 Å². The predicted molar refractivity (Wildman–Crippen MR) is 98.2 cm³/mol. The maximum Gasteiger partial charge on any atom is 0.325 e. The molecule has 0 aliphatic carbocycles. The molecule has 0 saturated heterocycles. The van der Waals surface area contributed by atoms with Crippen LogP contribution in [0.4, 0.5) is 15.6 Å². The van der Waals surface area contributed by atoms with Crippen LogP contribution in [0.1, 0.15) is 11.4 Å². The summed E-state index contributed by atoms with van der Waals surface area (Å²) in [5.41, 5.74) is 2.60. The van der Waals surface area contributed by atoms with E-state index in [1.807, 2.05) is 30.3 Å². The first kappa shape index (κ1) is 18.1. The molecule has 1 aromatic carbocycles. The van der Waals surface area contributed by atoms with E-state index in [4.69, 9.17) is 14.4 Å². The van der Waals surface area contributed by atoms with Crippen LogP contribution >= 0.6 is 11.3 Å². The Morgan fingerprint density at radius 2 is 2.12 bits per heavy atom. The van der Waals surface area contributed by atoms with Crippen LogP contribution in [0.25, 0.3) is 11.3 Å². The van der Waals surface area contributed by atoms with E-state index in [1.54, 1.807) is 12.3 Å². The Morgan fingerprint density at radius 1 is 1.31 bits per heavy atom. The molecular formula is C17H18N4O4S. The number of ether oxygens (including phenoxy) is 1. The van der Waals surface area contributed by atoms with Gasteiger partial charge in [-0.15, -0.1) is 11.3 Å². The molecule has 0 spiro atoms. The smallest absolute Gasteiger partial charge is 0.325 e. The van der Waals surface area contributed by atoms with Gasteiger partial charge in [-0.1, -0.05) is 35.5 Å². The summed E-state index contributed by atoms with van der Waals surface area (Å²) in [6.07, 6.45) is 0. The molecule has 136 valence electrons. The van der Waals surface area contributed by atoms with Crippen molar-refractivity contribution in [1.82, 2.24) is 10.1 Å². The van der Waals surface area contributed by atoms with Gasteiger partial charge in [0.15, 0.2) is 10.9 Å². The summed E-state index contributed by atoms with van der Waals surface area (Å²) >= 11 is 1.29. The van der Waals surface area contributed by atoms with E-state index in [0.717, 1.165) is 5.56 Å². The molecule has 3 rings (SSSR count). The number of aliphatic hydroxyl groups is 1. The molecule has 0 atom stereocenters. The summed E-state index contributed by atoms with van der Waals surface area (Å²) < 4.78 is 10.5. The van der Waals surface area contributed by atoms with E-state index < -0.39 is 6.03 Å². The van der Waals surface area contributed by atoms with E-state index in [-0.39, 0.29) is 19.8 Å². The zero-order valence-corrected chi connectivity index (χ0v) is 14.9. The topological polar surface area (TPSA) is 110 Å². The number of thiazole rings is 1. The van der Waals surface area contributed by atoms with Crippen LogP contribution in [0.15, 0.2) is 40.2 Å². The first-order chi connectivity index (χ1) is 12.7. The minimum Gasteiger partial charge on any atom is -0.394 e. The lowest BCUT2D eigenvalue weighted by Gasteiger charge is -2.06. The number of aryl methyl sites for hydroxylation is 1. The number of amides is 2. The number of nitrogens with one attached hydrogen (secondary N) is 2. The average Bonchev–Trinajstić information content (AvgIpc) is 3.23. The Bertz CT molecular complexity index is 863. The molecule has 3 aromatic rings. The lowest BCUT2D eigenvalue weighted by atomic mass is 10.1. The Kier molecular flexibility index (Phi) is 5.95. The van der Waals surface area contributed by atoms with Gasteiger partial charge in [-0.05, 0) is 6.92 Å². The highest BCUT2D eigenvalue weighted by Gasteiger charge is 2.17. The van der Waals surface area contributed by atoms with Gasteiger partial charge in [0.1, 0.15) is 11.4 Å². The predicted octanol–water partition coefficient (Wildman–Crippen LogP) is 3.26. The molecule has 0 fully saturated rings. The van der Waals surface area contributed by atoms with Crippen LogP contribution in [0.2, 0.25) is 0 Å². The van der Waals surface area contributed by atoms with Crippen LogP contribution in [-0.4, -0.2) is 34.5 Å². The number of nitrogens with zero attached hydrogens (tertiary/aromatic N) is 2. The maximum atomic E-state index is 12.3. The third kappa shape index (κ3) is 4.45. The molecule has 0 radical (unpaired) electrons. The first-order valence-corrected chi connectivity index (χ1v) is 8.78. The van der Waals surface area contributed by atoms with E-state index in [9.17, 15) is 4.79 Å². The van der Waals surface area contributed by atoms with Crippen molar-refractivity contribution in [2.24, 2.45) is 0 Å². The van der Waals surface area contributed by atoms with Gasteiger partial charge in [0.05, 0.1) is 25.5 Å². The van der Waals surface area contributed by atoms with Crippen molar-refractivity contribution in [2.75, 3.05) is 23.8 Å². The number of urea groups is 1. The molecule has 0 aliphatic heterocycles. The first-order valence-electron chi connectivity index (χ1n) is 7.90. The van der Waals surface area contributed by atoms with Gasteiger partial charge < -0.3 is 19.7 Å². The van der Waals surface area contributed by atoms with Gasteiger partial charge in [-0.25, -0.2) is 9.78 Å². The van der Waals surface area contributed by atoms with Crippen molar-refractivity contribution in [3.05, 3.63) is 47.1 Å². The van der Waals surface area contributed by atoms with Gasteiger partial charge >= 0.3 is 6.03 Å². The number of rotatable bonds is 7. The maximum absolute atomic E-state index is 12.3. The van der Waals surface area contributed by atoms with Crippen molar-refractivity contribution >= 4 is 28.2 Å². The Morgan fingerprint density at radius 3 is 2.88 bits per heavy atom. The molecule has 0 bridgehead atoms. The largest absolute Gasteiger partial charge is 0.394 e. The number of aliphatic hydroxyl groups excluding tert-OH is 1. The lowest BCUT2D eigenvalue weighted by molar-refractivity contribution is 0.0800. The summed E-state index contributed by atoms with van der Waals surface area (Å²) in [5, 5.41) is 20.3. The number of hydrogen-bond acceptors (Lipinski definition) is 7. The van der Waals surface area contributed by atoms with Crippen molar-refractivity contribution in [1.29, 1.82) is 0 Å². The van der Waals surface area contributed by atoms with E-state index >= 15 is 0 Å². The summed E-state index contributed by atoms with van der Waals surface area (Å²) in [7, 11) is 0. The molecule has 2 amide bonds. The van der Waals surface area contributed by atoms with Gasteiger partial charge in [-0.2, -0.15) is 0 Å². The van der Waals surface area contributed by atoms with Crippen molar-refractivity contribution in [3.8, 4) is 11.3 Å². The average molecular weight is 374 g/mol. The molecule has 3 N–H and O–H groups in total. The number of aromatic nitrogens is 2. The summed E-state index contributed by atoms with van der Waals surface area (Å²) in [4.78, 5) is 16.6. The SMILES string of the molecule is Cc1noc(-c2ccccc2)c1NC(=O)Nc1nc(COCCO)cs1. The van der Waals surface area contributed by atoms with E-state index in [1.165, 1.54) is 11.3 Å². The highest BCUT2D eigenvalue weighted by molar-refractivity contribution is 7.13. The molecule has 8 nitrogen and oxygen atoms in total. The van der Waals surface area contributed by atoms with Crippen LogP contribution in [0.3, 0.4) is 0 Å². The molecule has 9 heteroatoms. The third-order valence-electron chi connectivity index (χ3n) is 3.40. The highest BCUT2D eigenvalue weighted by Crippen LogP contribution is 2.30. The number of benzene rings is 1. The zero-order chi connectivity index (χ0) is 18.4. The van der Waals surface area contributed by atoms with Crippen molar-refractivity contribution in [3.63, 3.8) is 0 Å². The second kappa shape index (κ2) is 8.56. The number of carbonyl (C=O) groups excluding carboxylic acids is 1. The van der Waals surface area contributed by atoms with Crippen LogP contribution < -0.4 is 10.6 Å². The zero-order valence-electron chi connectivity index (χ0n) is 14.1. The standard InChI is InChI=1S/C17H18N4O4S/c1-11-14(15(25-21-11)12-5-3-2-4-6-12)19-16(23)20-17-18-13(10-26-17)9-24-8-7-22/h2-6,10,22H,7-9H2,1H3,(H2,18,19,20,23). The van der Waals surface area contributed by atoms with Crippen LogP contribution in [-0.2, 0) is 11.3 Å². The fourth-order valence-electron chi connectivity index (χ4n) is 2.22. The van der Waals surface area contributed by atoms with Crippen molar-refractivity contribution < 1.29 is 19.2 Å². The van der Waals surface area contributed by atoms with Crippen LogP contribution in [0.5, 0.6) is 0 Å². The quantitative estimate of drug-likeness (QED) is 0.548. The molecule has 2 aromatic heterocycles. The van der Waals surface area contributed by atoms with Crippen molar-refractivity contribution in [2.45, 2.75) is 13.5 Å². The van der Waals surface area contributed by atoms with E-state index in [0.29, 0.717) is 28.0 Å². The van der Waals surface area contributed by atoms with E-state index in [2.05, 4.69) is 20.8 Å². The molecule has 2 heterocycles. The lowest BCUT2D eigenvalue weighted by Crippen LogP contribution is -2.20. The Labute approximate surface area is 153 Å². The summed E-state index contributed by atoms with van der Waals surface area (Å²) in [5.74, 6) is 0.496. The normalized spacial score (nSPS) is 10.7. The molecular weight excluding hydrogens is 356 g/mol. The fourth-order valence-corrected chi connectivity index (χ4v) is 2.91. The van der Waals surface area contributed by atoms with Gasteiger partial charge in [0.25, 0.3) is 0 Å².